The van der Waals surface area contributed by atoms with Crippen LogP contribution < -0.4 is 5.32 Å². The molecule has 0 unspecified atom stereocenters. The molecule has 1 saturated carbocycles. The third-order valence-corrected chi connectivity index (χ3v) is 3.79. The molecule has 0 spiro atoms. The first kappa shape index (κ1) is 14.1. The molecule has 0 saturated heterocycles. The summed E-state index contributed by atoms with van der Waals surface area (Å²) in [4.78, 5) is 16.6. The number of rotatable bonds is 6. The average Bonchev–Trinajstić information content (AvgIpc) is 3.05. The van der Waals surface area contributed by atoms with Crippen LogP contribution >= 0.6 is 0 Å². The fourth-order valence-electron chi connectivity index (χ4n) is 2.72. The molecule has 106 valence electrons. The van der Waals surface area contributed by atoms with Crippen molar-refractivity contribution >= 4 is 5.91 Å². The largest absolute Gasteiger partial charge is 0.449 e. The molecule has 1 aliphatic rings. The molecule has 0 atom stereocenters. The molecule has 5 heteroatoms. The van der Waals surface area contributed by atoms with Crippen LogP contribution in [0.25, 0.3) is 0 Å². The van der Waals surface area contributed by atoms with Gasteiger partial charge in [-0.15, -0.1) is 0 Å². The molecule has 1 amide bonds. The maximum absolute atomic E-state index is 12.4. The van der Waals surface area contributed by atoms with Gasteiger partial charge in [0.25, 0.3) is 0 Å². The lowest BCUT2D eigenvalue weighted by atomic mass is 9.86. The number of hydrogen-bond donors (Lipinski definition) is 1. The van der Waals surface area contributed by atoms with Crippen LogP contribution in [0.3, 0.4) is 0 Å². The van der Waals surface area contributed by atoms with Gasteiger partial charge >= 0.3 is 0 Å². The Morgan fingerprint density at radius 2 is 2.26 bits per heavy atom. The first-order valence-electron chi connectivity index (χ1n) is 6.91. The highest BCUT2D eigenvalue weighted by Crippen LogP contribution is 2.38. The van der Waals surface area contributed by atoms with E-state index >= 15 is 0 Å². The van der Waals surface area contributed by atoms with Crippen LogP contribution in [-0.4, -0.2) is 24.6 Å². The molecular formula is C14H22N2O3. The quantitative estimate of drug-likeness (QED) is 0.856. The number of carbonyl (C=O) groups excluding carboxylic acids is 1. The number of nitrogens with one attached hydrogen (secondary N) is 1. The van der Waals surface area contributed by atoms with Gasteiger partial charge in [-0.2, -0.15) is 0 Å². The van der Waals surface area contributed by atoms with E-state index in [2.05, 4.69) is 10.3 Å². The average molecular weight is 266 g/mol. The summed E-state index contributed by atoms with van der Waals surface area (Å²) in [5.74, 6) is 0.782. The van der Waals surface area contributed by atoms with E-state index in [0.717, 1.165) is 37.8 Å². The summed E-state index contributed by atoms with van der Waals surface area (Å²) in [7, 11) is 1.65. The monoisotopic (exact) mass is 266 g/mol. The van der Waals surface area contributed by atoms with Crippen molar-refractivity contribution in [3.05, 3.63) is 17.8 Å². The molecule has 0 bridgehead atoms. The Morgan fingerprint density at radius 3 is 2.84 bits per heavy atom. The Bertz CT molecular complexity index is 422. The predicted octanol–water partition coefficient (Wildman–Crippen LogP) is 2.06. The lowest BCUT2D eigenvalue weighted by molar-refractivity contribution is -0.134. The Kier molecular flexibility index (Phi) is 4.58. The summed E-state index contributed by atoms with van der Waals surface area (Å²) in [6, 6.07) is 0. The molecule has 1 aliphatic carbocycles. The smallest absolute Gasteiger partial charge is 0.228 e. The van der Waals surface area contributed by atoms with Gasteiger partial charge < -0.3 is 14.5 Å². The van der Waals surface area contributed by atoms with Crippen molar-refractivity contribution in [2.75, 3.05) is 13.7 Å². The minimum atomic E-state index is -0.341. The summed E-state index contributed by atoms with van der Waals surface area (Å²) in [6.07, 6.45) is 6.39. The molecule has 5 nitrogen and oxygen atoms in total. The minimum Gasteiger partial charge on any atom is -0.449 e. The second kappa shape index (κ2) is 6.19. The van der Waals surface area contributed by atoms with Crippen molar-refractivity contribution in [3.8, 4) is 0 Å². The van der Waals surface area contributed by atoms with Crippen molar-refractivity contribution in [2.24, 2.45) is 5.41 Å². The molecule has 0 aliphatic heterocycles. The van der Waals surface area contributed by atoms with Gasteiger partial charge in [-0.1, -0.05) is 19.8 Å². The zero-order valence-corrected chi connectivity index (χ0v) is 11.7. The first-order chi connectivity index (χ1) is 9.20. The van der Waals surface area contributed by atoms with E-state index < -0.39 is 0 Å². The minimum absolute atomic E-state index is 0.0768. The maximum Gasteiger partial charge on any atom is 0.228 e. The highest BCUT2D eigenvalue weighted by molar-refractivity contribution is 5.83. The highest BCUT2D eigenvalue weighted by atomic mass is 16.5. The van der Waals surface area contributed by atoms with E-state index in [9.17, 15) is 4.79 Å². The van der Waals surface area contributed by atoms with Gasteiger partial charge in [-0.05, 0) is 12.8 Å². The molecule has 1 heterocycles. The number of oxazole rings is 1. The van der Waals surface area contributed by atoms with Gasteiger partial charge in [0, 0.05) is 13.5 Å². The van der Waals surface area contributed by atoms with Gasteiger partial charge in [-0.25, -0.2) is 4.98 Å². The molecule has 1 aromatic heterocycles. The zero-order chi connectivity index (χ0) is 13.7. The summed E-state index contributed by atoms with van der Waals surface area (Å²) in [5.41, 5.74) is 0.433. The van der Waals surface area contributed by atoms with Crippen LogP contribution in [0.15, 0.2) is 10.7 Å². The number of ether oxygens (including phenoxy) is 1. The fraction of sp³-hybridized carbons (Fsp3) is 0.714. The third kappa shape index (κ3) is 3.15. The van der Waals surface area contributed by atoms with Gasteiger partial charge in [0.05, 0.1) is 24.3 Å². The number of hydrogen-bond acceptors (Lipinski definition) is 4. The number of carbonyl (C=O) groups is 1. The topological polar surface area (TPSA) is 64.4 Å². The number of methoxy groups -OCH3 is 1. The number of amides is 1. The van der Waals surface area contributed by atoms with E-state index in [-0.39, 0.29) is 11.3 Å². The number of aryl methyl sites for hydroxylation is 1. The molecule has 1 N–H and O–H groups in total. The van der Waals surface area contributed by atoms with Crippen molar-refractivity contribution in [1.29, 1.82) is 0 Å². The normalized spacial score (nSPS) is 17.6. The van der Waals surface area contributed by atoms with E-state index in [0.29, 0.717) is 19.0 Å². The number of nitrogens with zero attached hydrogens (tertiary/aromatic N) is 1. The van der Waals surface area contributed by atoms with Crippen LogP contribution in [-0.2, 0) is 22.5 Å². The van der Waals surface area contributed by atoms with Gasteiger partial charge in [0.1, 0.15) is 6.26 Å². The molecule has 2 rings (SSSR count). The Hall–Kier alpha value is -1.36. The zero-order valence-electron chi connectivity index (χ0n) is 11.7. The molecule has 0 aromatic carbocycles. The van der Waals surface area contributed by atoms with Crippen LogP contribution in [0.5, 0.6) is 0 Å². The van der Waals surface area contributed by atoms with Crippen LogP contribution in [0.1, 0.15) is 44.2 Å². The second-order valence-corrected chi connectivity index (χ2v) is 5.19. The van der Waals surface area contributed by atoms with Crippen LogP contribution in [0.4, 0.5) is 0 Å². The Labute approximate surface area is 113 Å². The summed E-state index contributed by atoms with van der Waals surface area (Å²) >= 11 is 0. The maximum atomic E-state index is 12.4. The van der Waals surface area contributed by atoms with E-state index in [1.807, 2.05) is 6.92 Å². The van der Waals surface area contributed by atoms with Crippen molar-refractivity contribution in [2.45, 2.75) is 45.6 Å². The van der Waals surface area contributed by atoms with Gasteiger partial charge in [-0.3, -0.25) is 4.79 Å². The summed E-state index contributed by atoms with van der Waals surface area (Å²) < 4.78 is 10.5. The van der Waals surface area contributed by atoms with E-state index in [4.69, 9.17) is 9.15 Å². The fourth-order valence-corrected chi connectivity index (χ4v) is 2.72. The standard InChI is InChI=1S/C14H22N2O3/c1-3-12-16-11(9-19-12)8-15-13(17)14(10-18-2)6-4-5-7-14/h9H,3-8,10H2,1-2H3,(H,15,17). The molecule has 19 heavy (non-hydrogen) atoms. The lowest BCUT2D eigenvalue weighted by Crippen LogP contribution is -2.41. The van der Waals surface area contributed by atoms with Crippen molar-refractivity contribution in [3.63, 3.8) is 0 Å². The highest BCUT2D eigenvalue weighted by Gasteiger charge is 2.40. The molecule has 1 fully saturated rings. The van der Waals surface area contributed by atoms with Crippen LogP contribution in [0.2, 0.25) is 0 Å². The molecule has 1 aromatic rings. The first-order valence-corrected chi connectivity index (χ1v) is 6.91. The van der Waals surface area contributed by atoms with Crippen LogP contribution in [0, 0.1) is 5.41 Å². The second-order valence-electron chi connectivity index (χ2n) is 5.19. The summed E-state index contributed by atoms with van der Waals surface area (Å²) in [6.45, 7) is 2.91. The van der Waals surface area contributed by atoms with Gasteiger partial charge in [0.15, 0.2) is 5.89 Å². The van der Waals surface area contributed by atoms with Gasteiger partial charge in [0.2, 0.25) is 5.91 Å². The Morgan fingerprint density at radius 1 is 1.53 bits per heavy atom. The predicted molar refractivity (Wildman–Crippen MR) is 70.5 cm³/mol. The van der Waals surface area contributed by atoms with Crippen molar-refractivity contribution in [1.82, 2.24) is 10.3 Å². The molecule has 0 radical (unpaired) electrons. The summed E-state index contributed by atoms with van der Waals surface area (Å²) in [5, 5.41) is 2.96. The third-order valence-electron chi connectivity index (χ3n) is 3.79. The van der Waals surface area contributed by atoms with E-state index in [1.165, 1.54) is 0 Å². The SMILES string of the molecule is CCc1nc(CNC(=O)C2(COC)CCCC2)co1. The number of aromatic nitrogens is 1. The van der Waals surface area contributed by atoms with E-state index in [1.54, 1.807) is 13.4 Å². The molecular weight excluding hydrogens is 244 g/mol. The van der Waals surface area contributed by atoms with Crippen molar-refractivity contribution < 1.29 is 13.9 Å². The Balaban J connectivity index is 1.92. The lowest BCUT2D eigenvalue weighted by Gasteiger charge is -2.26.